The summed E-state index contributed by atoms with van der Waals surface area (Å²) in [7, 11) is 1.71. The molecule has 7 heteroatoms. The summed E-state index contributed by atoms with van der Waals surface area (Å²) in [6, 6.07) is 4.29. The average Bonchev–Trinajstić information content (AvgIpc) is 2.29. The van der Waals surface area contributed by atoms with Crippen LogP contribution in [-0.4, -0.2) is 20.8 Å². The molecule has 1 atom stereocenters. The molecule has 0 saturated heterocycles. The van der Waals surface area contributed by atoms with Crippen molar-refractivity contribution in [2.24, 2.45) is 5.92 Å². The molecule has 3 nitrogen and oxygen atoms in total. The van der Waals surface area contributed by atoms with E-state index >= 15 is 0 Å². The normalized spacial score (nSPS) is 13.3. The van der Waals surface area contributed by atoms with Gasteiger partial charge in [0.15, 0.2) is 0 Å². The van der Waals surface area contributed by atoms with Crippen LogP contribution in [0.1, 0.15) is 19.8 Å². The maximum Gasteiger partial charge on any atom is 0.232 e. The summed E-state index contributed by atoms with van der Waals surface area (Å²) in [6.45, 7) is 2.19. The minimum absolute atomic E-state index is 0.120. The average molecular weight is 374 g/mol. The van der Waals surface area contributed by atoms with Crippen molar-refractivity contribution < 1.29 is 17.5 Å². The van der Waals surface area contributed by atoms with Gasteiger partial charge in [-0.25, -0.2) is 12.8 Å². The van der Waals surface area contributed by atoms with E-state index in [1.165, 1.54) is 18.2 Å². The summed E-state index contributed by atoms with van der Waals surface area (Å²) in [5.74, 6) is -0.177. The molecule has 0 aliphatic heterocycles. The second-order valence-corrected chi connectivity index (χ2v) is 7.92. The van der Waals surface area contributed by atoms with E-state index in [4.69, 9.17) is 15.4 Å². The second-order valence-electron chi connectivity index (χ2n) is 4.25. The van der Waals surface area contributed by atoms with E-state index in [1.807, 2.05) is 6.92 Å². The lowest BCUT2D eigenvalue weighted by molar-refractivity contribution is 0.252. The molecule has 0 N–H and O–H groups in total. The van der Waals surface area contributed by atoms with Gasteiger partial charge >= 0.3 is 0 Å². The van der Waals surface area contributed by atoms with Gasteiger partial charge in [-0.1, -0.05) is 13.3 Å². The third-order valence-corrected chi connectivity index (χ3v) is 4.36. The van der Waals surface area contributed by atoms with E-state index in [9.17, 15) is 12.8 Å². The molecule has 19 heavy (non-hydrogen) atoms. The van der Waals surface area contributed by atoms with E-state index in [1.54, 1.807) is 0 Å². The van der Waals surface area contributed by atoms with Crippen LogP contribution < -0.4 is 4.74 Å². The highest BCUT2D eigenvalue weighted by molar-refractivity contribution is 9.10. The molecular formula is C12H15BrClFO3S. The fourth-order valence-electron chi connectivity index (χ4n) is 1.69. The van der Waals surface area contributed by atoms with E-state index in [0.29, 0.717) is 16.6 Å². The molecule has 0 aliphatic carbocycles. The molecule has 0 aliphatic rings. The summed E-state index contributed by atoms with van der Waals surface area (Å²) >= 11 is 3.06. The van der Waals surface area contributed by atoms with Gasteiger partial charge in [-0.2, -0.15) is 0 Å². The Labute approximate surface area is 125 Å². The Bertz CT molecular complexity index is 522. The van der Waals surface area contributed by atoms with Crippen molar-refractivity contribution in [1.29, 1.82) is 0 Å². The largest absolute Gasteiger partial charge is 0.493 e. The zero-order valence-corrected chi connectivity index (χ0v) is 13.6. The van der Waals surface area contributed by atoms with Crippen LogP contribution in [0.2, 0.25) is 0 Å². The Morgan fingerprint density at radius 1 is 1.47 bits per heavy atom. The monoisotopic (exact) mass is 372 g/mol. The number of halogens is 3. The van der Waals surface area contributed by atoms with Gasteiger partial charge in [0.2, 0.25) is 9.05 Å². The van der Waals surface area contributed by atoms with Gasteiger partial charge in [-0.3, -0.25) is 0 Å². The maximum atomic E-state index is 13.0. The fraction of sp³-hybridized carbons (Fsp3) is 0.500. The van der Waals surface area contributed by atoms with Crippen molar-refractivity contribution in [3.8, 4) is 5.75 Å². The van der Waals surface area contributed by atoms with Gasteiger partial charge in [-0.15, -0.1) is 0 Å². The lowest BCUT2D eigenvalue weighted by Gasteiger charge is -2.15. The predicted molar refractivity (Wildman–Crippen MR) is 77.6 cm³/mol. The smallest absolute Gasteiger partial charge is 0.232 e. The molecule has 0 spiro atoms. The Morgan fingerprint density at radius 3 is 2.68 bits per heavy atom. The minimum Gasteiger partial charge on any atom is -0.493 e. The van der Waals surface area contributed by atoms with Gasteiger partial charge in [0, 0.05) is 16.6 Å². The van der Waals surface area contributed by atoms with Crippen molar-refractivity contribution in [3.63, 3.8) is 0 Å². The first-order valence-electron chi connectivity index (χ1n) is 5.82. The first-order valence-corrected chi connectivity index (χ1v) is 9.09. The third kappa shape index (κ3) is 6.58. The molecule has 0 saturated carbocycles. The number of hydrogen-bond acceptors (Lipinski definition) is 3. The number of rotatable bonds is 7. The lowest BCUT2D eigenvalue weighted by atomic mass is 10.1. The van der Waals surface area contributed by atoms with Crippen LogP contribution in [0.5, 0.6) is 5.75 Å². The van der Waals surface area contributed by atoms with Crippen LogP contribution in [-0.2, 0) is 9.05 Å². The molecule has 0 amide bonds. The van der Waals surface area contributed by atoms with Crippen LogP contribution >= 0.6 is 26.6 Å². The highest BCUT2D eigenvalue weighted by Gasteiger charge is 2.17. The van der Waals surface area contributed by atoms with Gasteiger partial charge in [0.05, 0.1) is 16.8 Å². The molecule has 0 aromatic heterocycles. The molecule has 1 aromatic rings. The summed E-state index contributed by atoms with van der Waals surface area (Å²) < 4.78 is 41.0. The number of ether oxygens (including phenoxy) is 1. The Hall–Kier alpha value is -0.330. The predicted octanol–water partition coefficient (Wildman–Crippen LogP) is 3.95. The molecule has 0 radical (unpaired) electrons. The molecule has 108 valence electrons. The van der Waals surface area contributed by atoms with Crippen LogP contribution in [0.15, 0.2) is 22.7 Å². The Kier molecular flexibility index (Phi) is 6.56. The summed E-state index contributed by atoms with van der Waals surface area (Å²) in [5, 5.41) is 0. The Morgan fingerprint density at radius 2 is 2.16 bits per heavy atom. The lowest BCUT2D eigenvalue weighted by Crippen LogP contribution is -2.19. The van der Waals surface area contributed by atoms with Gasteiger partial charge < -0.3 is 4.74 Å². The first kappa shape index (κ1) is 16.7. The van der Waals surface area contributed by atoms with E-state index in [-0.39, 0.29) is 24.1 Å². The highest BCUT2D eigenvalue weighted by atomic mass is 79.9. The maximum absolute atomic E-state index is 13.0. The topological polar surface area (TPSA) is 43.4 Å². The number of benzene rings is 1. The second kappa shape index (κ2) is 7.45. The fourth-order valence-corrected chi connectivity index (χ4v) is 3.40. The molecular weight excluding hydrogens is 359 g/mol. The van der Waals surface area contributed by atoms with E-state index in [2.05, 4.69) is 15.9 Å². The van der Waals surface area contributed by atoms with Crippen LogP contribution in [0.25, 0.3) is 0 Å². The van der Waals surface area contributed by atoms with Crippen molar-refractivity contribution in [2.45, 2.75) is 19.8 Å². The summed E-state index contributed by atoms with van der Waals surface area (Å²) in [4.78, 5) is 0. The minimum atomic E-state index is -3.54. The Balaban J connectivity index is 2.62. The molecule has 1 unspecified atom stereocenters. The zero-order valence-electron chi connectivity index (χ0n) is 10.4. The van der Waals surface area contributed by atoms with Crippen molar-refractivity contribution in [3.05, 3.63) is 28.5 Å². The molecule has 1 rings (SSSR count). The quantitative estimate of drug-likeness (QED) is 0.680. The molecule has 0 fully saturated rings. The standard InChI is InChI=1S/C12H15BrClFO3S/c1-2-3-9(8-19(14,16)17)7-18-10-4-5-12(15)11(13)6-10/h4-6,9H,2-3,7-8H2,1H3. The zero-order chi connectivity index (χ0) is 14.5. The van der Waals surface area contributed by atoms with Crippen LogP contribution in [0.3, 0.4) is 0 Å². The van der Waals surface area contributed by atoms with Gasteiger partial charge in [0.25, 0.3) is 0 Å². The van der Waals surface area contributed by atoms with Crippen LogP contribution in [0, 0.1) is 11.7 Å². The highest BCUT2D eigenvalue weighted by Crippen LogP contribution is 2.23. The molecule has 0 bridgehead atoms. The number of hydrogen-bond donors (Lipinski definition) is 0. The van der Waals surface area contributed by atoms with E-state index < -0.39 is 9.05 Å². The summed E-state index contributed by atoms with van der Waals surface area (Å²) in [5.41, 5.74) is 0. The van der Waals surface area contributed by atoms with Gasteiger partial charge in [-0.05, 0) is 40.5 Å². The van der Waals surface area contributed by atoms with Crippen molar-refractivity contribution in [2.75, 3.05) is 12.4 Å². The molecule has 0 heterocycles. The third-order valence-electron chi connectivity index (χ3n) is 2.51. The molecule has 1 aromatic carbocycles. The van der Waals surface area contributed by atoms with E-state index in [0.717, 1.165) is 6.42 Å². The van der Waals surface area contributed by atoms with Gasteiger partial charge in [0.1, 0.15) is 11.6 Å². The summed E-state index contributed by atoms with van der Waals surface area (Å²) in [6.07, 6.45) is 1.54. The van der Waals surface area contributed by atoms with Crippen LogP contribution in [0.4, 0.5) is 4.39 Å². The van der Waals surface area contributed by atoms with Crippen molar-refractivity contribution >= 4 is 35.7 Å². The van der Waals surface area contributed by atoms with Crippen molar-refractivity contribution in [1.82, 2.24) is 0 Å². The SMILES string of the molecule is CCCC(COc1ccc(F)c(Br)c1)CS(=O)(=O)Cl. The first-order chi connectivity index (χ1) is 8.81.